The first-order chi connectivity index (χ1) is 24.5. The summed E-state index contributed by atoms with van der Waals surface area (Å²) in [5.74, 6) is -1.44. The third-order valence-corrected chi connectivity index (χ3v) is 10.6. The van der Waals surface area contributed by atoms with Gasteiger partial charge in [0.1, 0.15) is 19.3 Å². The van der Waals surface area contributed by atoms with Gasteiger partial charge in [0.05, 0.1) is 17.8 Å². The summed E-state index contributed by atoms with van der Waals surface area (Å²) < 4.78 is 13.5. The van der Waals surface area contributed by atoms with Gasteiger partial charge in [-0.3, -0.25) is 4.90 Å². The minimum atomic E-state index is -1.17. The number of carbonyl (C=O) groups is 3. The van der Waals surface area contributed by atoms with E-state index < -0.39 is 24.2 Å². The van der Waals surface area contributed by atoms with Crippen molar-refractivity contribution in [3.8, 4) is 22.3 Å². The molecule has 1 N–H and O–H groups in total. The Bertz CT molecular complexity index is 2270. The molecule has 50 heavy (non-hydrogen) atoms. The number of carbonyl (C=O) groups excluding carboxylic acids is 2. The van der Waals surface area contributed by atoms with Crippen molar-refractivity contribution in [1.29, 1.82) is 0 Å². The molecule has 2 aliphatic carbocycles. The summed E-state index contributed by atoms with van der Waals surface area (Å²) in [5, 5.41) is 11.1. The van der Waals surface area contributed by atoms with Gasteiger partial charge in [0, 0.05) is 23.6 Å². The Hall–Kier alpha value is -6.15. The van der Waals surface area contributed by atoms with Crippen LogP contribution in [0, 0.1) is 0 Å². The van der Waals surface area contributed by atoms with E-state index in [1.54, 1.807) is 0 Å². The van der Waals surface area contributed by atoms with E-state index in [-0.39, 0.29) is 38.0 Å². The maximum absolute atomic E-state index is 14.1. The quantitative estimate of drug-likeness (QED) is 0.200. The van der Waals surface area contributed by atoms with Crippen LogP contribution in [0.15, 0.2) is 121 Å². The van der Waals surface area contributed by atoms with E-state index in [2.05, 4.69) is 36.4 Å². The van der Waals surface area contributed by atoms with E-state index in [9.17, 15) is 19.5 Å². The van der Waals surface area contributed by atoms with Crippen LogP contribution in [0.2, 0.25) is 0 Å². The van der Waals surface area contributed by atoms with Gasteiger partial charge in [-0.2, -0.15) is 0 Å². The zero-order valence-corrected chi connectivity index (χ0v) is 27.0. The van der Waals surface area contributed by atoms with Crippen LogP contribution in [0.3, 0.4) is 0 Å². The largest absolute Gasteiger partial charge is 0.480 e. The fourth-order valence-electron chi connectivity index (χ4n) is 8.29. The number of nitrogens with zero attached hydrogens (tertiary/aromatic N) is 2. The molecule has 1 aliphatic heterocycles. The fourth-order valence-corrected chi connectivity index (χ4v) is 8.29. The lowest BCUT2D eigenvalue weighted by Gasteiger charge is -2.33. The molecule has 1 atom stereocenters. The lowest BCUT2D eigenvalue weighted by Crippen LogP contribution is -2.49. The summed E-state index contributed by atoms with van der Waals surface area (Å²) in [4.78, 5) is 41.8. The predicted molar refractivity (Wildman–Crippen MR) is 188 cm³/mol. The van der Waals surface area contributed by atoms with Gasteiger partial charge >= 0.3 is 18.2 Å². The lowest BCUT2D eigenvalue weighted by molar-refractivity contribution is -0.143. The van der Waals surface area contributed by atoms with Gasteiger partial charge in [-0.05, 0) is 56.1 Å². The van der Waals surface area contributed by atoms with Crippen LogP contribution in [0.25, 0.3) is 33.2 Å². The standard InChI is InChI=1S/C42H32N2O6/c45-40(46)38-21-34-33-19-9-10-20-37(33)44(42(48)50-24-36-31-17-7-3-13-27(31)28-14-4-8-18-32(28)36)39(34)22-43(38)41(47)49-23-35-29-15-5-1-11-25(29)26-12-2-6-16-30(26)35/h1-20,35-36,38H,21-24H2,(H,45,46)/t38-/m0/s1. The van der Waals surface area contributed by atoms with Gasteiger partial charge in [0.25, 0.3) is 0 Å². The number of hydrogen-bond donors (Lipinski definition) is 1. The normalized spacial score (nSPS) is 15.9. The third kappa shape index (κ3) is 4.63. The maximum Gasteiger partial charge on any atom is 0.418 e. The van der Waals surface area contributed by atoms with E-state index in [1.807, 2.05) is 84.9 Å². The van der Waals surface area contributed by atoms with Gasteiger partial charge in [-0.1, -0.05) is 115 Å². The number of amides is 1. The van der Waals surface area contributed by atoms with Crippen LogP contribution < -0.4 is 0 Å². The SMILES string of the molecule is O=C(O)[C@@H]1Cc2c(n(C(=O)OCC3c4ccccc4-c4ccccc43)c3ccccc23)CN1C(=O)OCC1c2ccccc2-c2ccccc21. The molecule has 2 heterocycles. The molecule has 246 valence electrons. The molecule has 8 heteroatoms. The third-order valence-electron chi connectivity index (χ3n) is 10.6. The van der Waals surface area contributed by atoms with Crippen molar-refractivity contribution < 1.29 is 29.0 Å². The Morgan fingerprint density at radius 3 is 1.54 bits per heavy atom. The van der Waals surface area contributed by atoms with Crippen LogP contribution in [0.5, 0.6) is 0 Å². The molecular weight excluding hydrogens is 628 g/mol. The first-order valence-corrected chi connectivity index (χ1v) is 16.8. The van der Waals surface area contributed by atoms with E-state index in [0.29, 0.717) is 16.8 Å². The molecule has 0 radical (unpaired) electrons. The number of ether oxygens (including phenoxy) is 2. The number of fused-ring (bicyclic) bond motifs is 9. The number of benzene rings is 5. The minimum absolute atomic E-state index is 0.0268. The van der Waals surface area contributed by atoms with Gasteiger partial charge in [0.15, 0.2) is 0 Å². The highest BCUT2D eigenvalue weighted by atomic mass is 16.6. The molecule has 1 amide bonds. The van der Waals surface area contributed by atoms with Crippen LogP contribution >= 0.6 is 0 Å². The van der Waals surface area contributed by atoms with Crippen molar-refractivity contribution in [2.24, 2.45) is 0 Å². The second-order valence-corrected chi connectivity index (χ2v) is 13.1. The monoisotopic (exact) mass is 660 g/mol. The number of aromatic nitrogens is 1. The van der Waals surface area contributed by atoms with Crippen molar-refractivity contribution in [3.63, 3.8) is 0 Å². The van der Waals surface area contributed by atoms with Gasteiger partial charge in [-0.15, -0.1) is 0 Å². The number of aliphatic carboxylic acids is 1. The van der Waals surface area contributed by atoms with Crippen LogP contribution in [-0.4, -0.2) is 52.0 Å². The first-order valence-electron chi connectivity index (χ1n) is 16.8. The van der Waals surface area contributed by atoms with Crippen molar-refractivity contribution in [2.45, 2.75) is 30.8 Å². The molecule has 0 fully saturated rings. The Labute approximate surface area is 288 Å². The van der Waals surface area contributed by atoms with Gasteiger partial charge in [-0.25, -0.2) is 19.0 Å². The van der Waals surface area contributed by atoms with Gasteiger partial charge in [0.2, 0.25) is 0 Å². The molecular formula is C42H32N2O6. The number of hydrogen-bond acceptors (Lipinski definition) is 5. The Kier molecular flexibility index (Phi) is 7.05. The summed E-state index contributed by atoms with van der Waals surface area (Å²) >= 11 is 0. The summed E-state index contributed by atoms with van der Waals surface area (Å²) in [6.45, 7) is 0.0573. The topological polar surface area (TPSA) is 98.1 Å². The van der Waals surface area contributed by atoms with E-state index >= 15 is 0 Å². The number of para-hydroxylation sites is 1. The summed E-state index contributed by atoms with van der Waals surface area (Å²) in [5.41, 5.74) is 10.6. The number of carboxylic acid groups (broad SMARTS) is 1. The Morgan fingerprint density at radius 1 is 0.600 bits per heavy atom. The molecule has 0 bridgehead atoms. The second kappa shape index (κ2) is 11.8. The van der Waals surface area contributed by atoms with E-state index in [4.69, 9.17) is 9.47 Å². The summed E-state index contributed by atoms with van der Waals surface area (Å²) in [7, 11) is 0. The predicted octanol–water partition coefficient (Wildman–Crippen LogP) is 8.20. The van der Waals surface area contributed by atoms with Crippen molar-refractivity contribution in [3.05, 3.63) is 155 Å². The molecule has 0 unspecified atom stereocenters. The Balaban J connectivity index is 1.01. The number of rotatable bonds is 5. The maximum atomic E-state index is 14.1. The fraction of sp³-hybridized carbons (Fsp3) is 0.167. The molecule has 0 saturated carbocycles. The van der Waals surface area contributed by atoms with Crippen molar-refractivity contribution in [2.75, 3.05) is 13.2 Å². The summed E-state index contributed by atoms with van der Waals surface area (Å²) in [6.07, 6.45) is -1.29. The molecule has 5 aromatic carbocycles. The minimum Gasteiger partial charge on any atom is -0.480 e. The van der Waals surface area contributed by atoms with Gasteiger partial charge < -0.3 is 14.6 Å². The second-order valence-electron chi connectivity index (χ2n) is 13.1. The van der Waals surface area contributed by atoms with Crippen LogP contribution in [0.4, 0.5) is 9.59 Å². The van der Waals surface area contributed by atoms with Crippen molar-refractivity contribution >= 4 is 29.1 Å². The van der Waals surface area contributed by atoms with E-state index in [1.165, 1.54) is 9.47 Å². The smallest absolute Gasteiger partial charge is 0.418 e. The molecule has 6 aromatic rings. The van der Waals surface area contributed by atoms with E-state index in [0.717, 1.165) is 49.9 Å². The zero-order valence-electron chi connectivity index (χ0n) is 27.0. The first kappa shape index (κ1) is 29.9. The molecule has 3 aliphatic rings. The molecule has 0 saturated heterocycles. The molecule has 9 rings (SSSR count). The van der Waals surface area contributed by atoms with Crippen LogP contribution in [-0.2, 0) is 27.2 Å². The molecule has 8 nitrogen and oxygen atoms in total. The lowest BCUT2D eigenvalue weighted by atomic mass is 9.97. The average molecular weight is 661 g/mol. The highest BCUT2D eigenvalue weighted by Crippen LogP contribution is 2.46. The highest BCUT2D eigenvalue weighted by molar-refractivity contribution is 5.95. The summed E-state index contributed by atoms with van der Waals surface area (Å²) in [6, 6.07) is 38.6. The Morgan fingerprint density at radius 2 is 1.04 bits per heavy atom. The highest BCUT2D eigenvalue weighted by Gasteiger charge is 2.41. The molecule has 0 spiro atoms. The zero-order chi connectivity index (χ0) is 33.9. The molecule has 1 aromatic heterocycles. The average Bonchev–Trinajstić information content (AvgIpc) is 3.77. The van der Waals surface area contributed by atoms with Crippen LogP contribution in [0.1, 0.15) is 45.3 Å². The number of carboxylic acids is 1. The van der Waals surface area contributed by atoms with Crippen molar-refractivity contribution in [1.82, 2.24) is 9.47 Å².